The Hall–Kier alpha value is -0.670. The fraction of sp³-hybridized carbons (Fsp3) is 0.647. The molecule has 3 heteroatoms. The van der Waals surface area contributed by atoms with Gasteiger partial charge in [0.05, 0.1) is 6.61 Å². The predicted molar refractivity (Wildman–Crippen MR) is 88.4 cm³/mol. The number of benzene rings is 1. The molecule has 0 spiro atoms. The first-order valence-corrected chi connectivity index (χ1v) is 9.01. The zero-order valence-electron chi connectivity index (χ0n) is 12.5. The highest BCUT2D eigenvalue weighted by atomic mass is 32.2. The lowest BCUT2D eigenvalue weighted by molar-refractivity contribution is 0.317. The lowest BCUT2D eigenvalue weighted by Crippen LogP contribution is -2.14. The Kier molecular flexibility index (Phi) is 6.74. The Morgan fingerprint density at radius 2 is 1.95 bits per heavy atom. The summed E-state index contributed by atoms with van der Waals surface area (Å²) in [6.45, 7) is 2.90. The first kappa shape index (κ1) is 15.7. The summed E-state index contributed by atoms with van der Waals surface area (Å²) in [5.41, 5.74) is 7.48. The number of nitrogens with two attached hydrogens (primary N) is 1. The fourth-order valence-electron chi connectivity index (χ4n) is 2.67. The summed E-state index contributed by atoms with van der Waals surface area (Å²) >= 11 is 2.02. The van der Waals surface area contributed by atoms with Gasteiger partial charge in [0.2, 0.25) is 0 Å². The van der Waals surface area contributed by atoms with Crippen molar-refractivity contribution in [1.82, 2.24) is 0 Å². The Labute approximate surface area is 127 Å². The second kappa shape index (κ2) is 8.58. The summed E-state index contributed by atoms with van der Waals surface area (Å²) in [5, 5.41) is 0. The number of rotatable bonds is 8. The molecule has 1 atom stereocenters. The van der Waals surface area contributed by atoms with Crippen molar-refractivity contribution in [3.8, 4) is 5.75 Å². The summed E-state index contributed by atoms with van der Waals surface area (Å²) in [5.74, 6) is 4.19. The number of thioether (sulfide) groups is 1. The van der Waals surface area contributed by atoms with Crippen molar-refractivity contribution >= 4 is 11.8 Å². The highest BCUT2D eigenvalue weighted by Gasteiger charge is 2.15. The largest absolute Gasteiger partial charge is 0.494 e. The van der Waals surface area contributed by atoms with Gasteiger partial charge in [-0.3, -0.25) is 0 Å². The maximum Gasteiger partial charge on any atom is 0.119 e. The maximum absolute atomic E-state index is 6.27. The summed E-state index contributed by atoms with van der Waals surface area (Å²) in [6, 6.07) is 8.41. The molecule has 0 aliphatic heterocycles. The topological polar surface area (TPSA) is 35.2 Å². The van der Waals surface area contributed by atoms with E-state index in [4.69, 9.17) is 10.5 Å². The van der Waals surface area contributed by atoms with Crippen LogP contribution in [0, 0.1) is 5.92 Å². The molecule has 1 aromatic carbocycles. The molecule has 0 saturated heterocycles. The van der Waals surface area contributed by atoms with E-state index >= 15 is 0 Å². The van der Waals surface area contributed by atoms with Crippen LogP contribution in [0.2, 0.25) is 0 Å². The van der Waals surface area contributed by atoms with E-state index in [1.165, 1.54) is 37.0 Å². The molecule has 2 rings (SSSR count). The highest BCUT2D eigenvalue weighted by molar-refractivity contribution is 7.99. The average molecular weight is 293 g/mol. The van der Waals surface area contributed by atoms with E-state index in [2.05, 4.69) is 19.1 Å². The van der Waals surface area contributed by atoms with E-state index in [-0.39, 0.29) is 6.04 Å². The van der Waals surface area contributed by atoms with Gasteiger partial charge >= 0.3 is 0 Å². The molecule has 1 saturated carbocycles. The molecular formula is C17H27NOS. The lowest BCUT2D eigenvalue weighted by atomic mass is 10.1. The highest BCUT2D eigenvalue weighted by Crippen LogP contribution is 2.29. The van der Waals surface area contributed by atoms with Gasteiger partial charge in [0, 0.05) is 11.8 Å². The minimum Gasteiger partial charge on any atom is -0.494 e. The van der Waals surface area contributed by atoms with Gasteiger partial charge in [-0.1, -0.05) is 31.9 Å². The third-order valence-electron chi connectivity index (χ3n) is 3.91. The molecule has 112 valence electrons. The molecule has 2 N–H and O–H groups in total. The Morgan fingerprint density at radius 3 is 2.60 bits per heavy atom. The number of ether oxygens (including phenoxy) is 1. The lowest BCUT2D eigenvalue weighted by Gasteiger charge is -2.14. The standard InChI is InChI=1S/C17H27NOS/c1-2-11-19-16-9-7-15(8-10-16)17(18)13-20-12-14-5-3-4-6-14/h7-10,14,17H,2-6,11-13,18H2,1H3. The van der Waals surface area contributed by atoms with Gasteiger partial charge in [-0.05, 0) is 48.6 Å². The maximum atomic E-state index is 6.27. The van der Waals surface area contributed by atoms with Crippen molar-refractivity contribution in [3.05, 3.63) is 29.8 Å². The van der Waals surface area contributed by atoms with Crippen LogP contribution in [-0.4, -0.2) is 18.1 Å². The molecule has 2 nitrogen and oxygen atoms in total. The molecule has 1 aliphatic carbocycles. The predicted octanol–water partition coefficient (Wildman–Crippen LogP) is 4.40. The molecule has 1 unspecified atom stereocenters. The van der Waals surface area contributed by atoms with Crippen LogP contribution in [0.5, 0.6) is 5.75 Å². The Morgan fingerprint density at radius 1 is 1.25 bits per heavy atom. The third-order valence-corrected chi connectivity index (χ3v) is 5.21. The molecule has 0 bridgehead atoms. The van der Waals surface area contributed by atoms with Gasteiger partial charge in [-0.25, -0.2) is 0 Å². The molecule has 0 radical (unpaired) electrons. The monoisotopic (exact) mass is 293 g/mol. The molecule has 0 heterocycles. The van der Waals surface area contributed by atoms with E-state index in [1.54, 1.807) is 0 Å². The van der Waals surface area contributed by atoms with Crippen LogP contribution in [-0.2, 0) is 0 Å². The number of hydrogen-bond donors (Lipinski definition) is 1. The summed E-state index contributed by atoms with van der Waals surface area (Å²) in [7, 11) is 0. The van der Waals surface area contributed by atoms with Crippen LogP contribution >= 0.6 is 11.8 Å². The quantitative estimate of drug-likeness (QED) is 0.771. The van der Waals surface area contributed by atoms with Crippen molar-refractivity contribution in [3.63, 3.8) is 0 Å². The smallest absolute Gasteiger partial charge is 0.119 e. The first-order valence-electron chi connectivity index (χ1n) is 7.85. The van der Waals surface area contributed by atoms with Gasteiger partial charge in [0.1, 0.15) is 5.75 Å². The number of hydrogen-bond acceptors (Lipinski definition) is 3. The van der Waals surface area contributed by atoms with Gasteiger partial charge in [0.25, 0.3) is 0 Å². The van der Waals surface area contributed by atoms with Crippen LogP contribution in [0.1, 0.15) is 50.6 Å². The van der Waals surface area contributed by atoms with Gasteiger partial charge in [-0.2, -0.15) is 11.8 Å². The first-order chi connectivity index (χ1) is 9.79. The third kappa shape index (κ3) is 5.02. The molecule has 1 aliphatic rings. The van der Waals surface area contributed by atoms with E-state index in [1.807, 2.05) is 23.9 Å². The summed E-state index contributed by atoms with van der Waals surface area (Å²) < 4.78 is 5.59. The van der Waals surface area contributed by atoms with Crippen LogP contribution in [0.15, 0.2) is 24.3 Å². The second-order valence-corrected chi connectivity index (χ2v) is 6.79. The summed E-state index contributed by atoms with van der Waals surface area (Å²) in [6.07, 6.45) is 6.74. The Balaban J connectivity index is 1.72. The van der Waals surface area contributed by atoms with E-state index in [9.17, 15) is 0 Å². The molecule has 1 fully saturated rings. The van der Waals surface area contributed by atoms with E-state index in [0.717, 1.165) is 30.4 Å². The normalized spacial score (nSPS) is 17.3. The zero-order chi connectivity index (χ0) is 14.2. The minimum atomic E-state index is 0.140. The molecular weight excluding hydrogens is 266 g/mol. The van der Waals surface area contributed by atoms with Gasteiger partial charge in [-0.15, -0.1) is 0 Å². The van der Waals surface area contributed by atoms with Crippen LogP contribution in [0.25, 0.3) is 0 Å². The summed E-state index contributed by atoms with van der Waals surface area (Å²) in [4.78, 5) is 0. The molecule has 0 amide bonds. The van der Waals surface area contributed by atoms with Crippen molar-refractivity contribution in [1.29, 1.82) is 0 Å². The fourth-order valence-corrected chi connectivity index (χ4v) is 3.92. The van der Waals surface area contributed by atoms with Crippen molar-refractivity contribution in [2.75, 3.05) is 18.1 Å². The average Bonchev–Trinajstić information content (AvgIpc) is 2.99. The molecule has 0 aromatic heterocycles. The SMILES string of the molecule is CCCOc1ccc(C(N)CSCC2CCCC2)cc1. The van der Waals surface area contributed by atoms with Crippen LogP contribution in [0.3, 0.4) is 0 Å². The Bertz CT molecular complexity index is 373. The van der Waals surface area contributed by atoms with Crippen molar-refractivity contribution < 1.29 is 4.74 Å². The van der Waals surface area contributed by atoms with Crippen LogP contribution in [0.4, 0.5) is 0 Å². The van der Waals surface area contributed by atoms with Gasteiger partial charge in [0.15, 0.2) is 0 Å². The molecule has 1 aromatic rings. The van der Waals surface area contributed by atoms with Gasteiger partial charge < -0.3 is 10.5 Å². The second-order valence-electron chi connectivity index (χ2n) is 5.71. The van der Waals surface area contributed by atoms with E-state index in [0.29, 0.717) is 0 Å². The van der Waals surface area contributed by atoms with Crippen molar-refractivity contribution in [2.45, 2.75) is 45.1 Å². The van der Waals surface area contributed by atoms with Crippen LogP contribution < -0.4 is 10.5 Å². The van der Waals surface area contributed by atoms with E-state index < -0.39 is 0 Å². The zero-order valence-corrected chi connectivity index (χ0v) is 13.3. The molecule has 20 heavy (non-hydrogen) atoms. The van der Waals surface area contributed by atoms with Crippen molar-refractivity contribution in [2.24, 2.45) is 11.7 Å². The minimum absolute atomic E-state index is 0.140.